The van der Waals surface area contributed by atoms with Gasteiger partial charge in [0.15, 0.2) is 0 Å². The Bertz CT molecular complexity index is 1210. The van der Waals surface area contributed by atoms with Gasteiger partial charge >= 0.3 is 0 Å². The minimum Gasteiger partial charge on any atom is -0.379 e. The molecule has 0 atom stereocenters. The Hall–Kier alpha value is -2.46. The summed E-state index contributed by atoms with van der Waals surface area (Å²) in [5.41, 5.74) is 2.89. The average molecular weight is 472 g/mol. The van der Waals surface area contributed by atoms with Crippen LogP contribution < -0.4 is 5.32 Å². The molecule has 2 heterocycles. The number of aromatic nitrogens is 1. The number of carbonyl (C=O) groups excluding carboxylic acids is 1. The van der Waals surface area contributed by atoms with Gasteiger partial charge in [-0.3, -0.25) is 4.79 Å². The topological polar surface area (TPSA) is 88.6 Å². The van der Waals surface area contributed by atoms with Crippen molar-refractivity contribution in [3.8, 4) is 0 Å². The number of sulfonamides is 1. The largest absolute Gasteiger partial charge is 0.379 e. The first-order valence-corrected chi connectivity index (χ1v) is 12.8. The summed E-state index contributed by atoms with van der Waals surface area (Å²) >= 11 is 1.40. The van der Waals surface area contributed by atoms with Gasteiger partial charge in [-0.2, -0.15) is 4.31 Å². The number of para-hydroxylation sites is 1. The van der Waals surface area contributed by atoms with Gasteiger partial charge in [0, 0.05) is 25.0 Å². The Morgan fingerprint density at radius 2 is 1.84 bits per heavy atom. The molecule has 7 nitrogen and oxygen atoms in total. The highest BCUT2D eigenvalue weighted by Gasteiger charge is 2.26. The zero-order chi connectivity index (χ0) is 22.6. The van der Waals surface area contributed by atoms with E-state index in [4.69, 9.17) is 4.74 Å². The van der Waals surface area contributed by atoms with E-state index in [-0.39, 0.29) is 16.6 Å². The smallest absolute Gasteiger partial charge is 0.243 e. The van der Waals surface area contributed by atoms with Crippen molar-refractivity contribution in [3.63, 3.8) is 0 Å². The highest BCUT2D eigenvalue weighted by molar-refractivity contribution is 7.99. The fraction of sp³-hybridized carbons (Fsp3) is 0.304. The Labute approximate surface area is 192 Å². The lowest BCUT2D eigenvalue weighted by molar-refractivity contribution is -0.118. The third kappa shape index (κ3) is 5.29. The molecule has 1 N–H and O–H groups in total. The molecule has 0 aliphatic carbocycles. The first kappa shape index (κ1) is 22.7. The van der Waals surface area contributed by atoms with Gasteiger partial charge in [-0.15, -0.1) is 0 Å². The number of amides is 1. The van der Waals surface area contributed by atoms with E-state index in [1.54, 1.807) is 24.3 Å². The molecule has 168 valence electrons. The molecule has 1 aliphatic heterocycles. The summed E-state index contributed by atoms with van der Waals surface area (Å²) < 4.78 is 32.0. The van der Waals surface area contributed by atoms with Crippen molar-refractivity contribution in [3.05, 3.63) is 65.7 Å². The van der Waals surface area contributed by atoms with Gasteiger partial charge in [0.2, 0.25) is 15.9 Å². The molecule has 0 radical (unpaired) electrons. The Morgan fingerprint density at radius 1 is 1.12 bits per heavy atom. The van der Waals surface area contributed by atoms with Crippen LogP contribution in [-0.4, -0.2) is 55.7 Å². The maximum atomic E-state index is 12.7. The molecule has 9 heteroatoms. The van der Waals surface area contributed by atoms with E-state index in [0.29, 0.717) is 32.8 Å². The Kier molecular flexibility index (Phi) is 7.10. The van der Waals surface area contributed by atoms with E-state index in [9.17, 15) is 13.2 Å². The Balaban J connectivity index is 1.30. The van der Waals surface area contributed by atoms with Crippen LogP contribution in [0.5, 0.6) is 0 Å². The lowest BCUT2D eigenvalue weighted by Gasteiger charge is -2.26. The lowest BCUT2D eigenvalue weighted by atomic mass is 10.1. The number of rotatable bonds is 7. The number of aryl methyl sites for hydroxylation is 1. The number of fused-ring (bicyclic) bond motifs is 1. The number of pyridine rings is 1. The second-order valence-corrected chi connectivity index (χ2v) is 10.5. The van der Waals surface area contributed by atoms with Crippen LogP contribution in [0.1, 0.15) is 11.1 Å². The molecule has 1 aromatic heterocycles. The number of hydrogen-bond donors (Lipinski definition) is 1. The first-order valence-electron chi connectivity index (χ1n) is 10.4. The van der Waals surface area contributed by atoms with Crippen LogP contribution in [0.15, 0.2) is 64.5 Å². The van der Waals surface area contributed by atoms with Gasteiger partial charge < -0.3 is 10.1 Å². The molecule has 3 aromatic rings. The first-order chi connectivity index (χ1) is 15.4. The van der Waals surface area contributed by atoms with Crippen molar-refractivity contribution in [1.29, 1.82) is 0 Å². The minimum atomic E-state index is -3.51. The number of hydrogen-bond acceptors (Lipinski definition) is 6. The molecule has 1 saturated heterocycles. The summed E-state index contributed by atoms with van der Waals surface area (Å²) in [6.07, 6.45) is 0. The molecular weight excluding hydrogens is 446 g/mol. The Morgan fingerprint density at radius 3 is 2.59 bits per heavy atom. The molecule has 32 heavy (non-hydrogen) atoms. The van der Waals surface area contributed by atoms with Crippen LogP contribution in [0, 0.1) is 6.92 Å². The molecule has 0 unspecified atom stereocenters. The SMILES string of the molecule is Cc1cc(SCC(=O)NCc2ccc(S(=O)(=O)N3CCOCC3)cc2)nc2ccccc12. The van der Waals surface area contributed by atoms with Gasteiger partial charge in [0.25, 0.3) is 0 Å². The second kappa shape index (κ2) is 9.99. The molecule has 1 fully saturated rings. The number of morpholine rings is 1. The zero-order valence-corrected chi connectivity index (χ0v) is 19.4. The highest BCUT2D eigenvalue weighted by atomic mass is 32.2. The molecular formula is C23H25N3O4S2. The molecule has 0 bridgehead atoms. The fourth-order valence-electron chi connectivity index (χ4n) is 3.50. The van der Waals surface area contributed by atoms with Crippen molar-refractivity contribution in [2.45, 2.75) is 23.4 Å². The molecule has 0 spiro atoms. The van der Waals surface area contributed by atoms with Crippen LogP contribution in [0.3, 0.4) is 0 Å². The standard InChI is InChI=1S/C23H25N3O4S2/c1-17-14-23(25-21-5-3-2-4-20(17)21)31-16-22(27)24-15-18-6-8-19(9-7-18)32(28,29)26-10-12-30-13-11-26/h2-9,14H,10-13,15-16H2,1H3,(H,24,27). The third-order valence-corrected chi connectivity index (χ3v) is 8.10. The summed E-state index contributed by atoms with van der Waals surface area (Å²) in [5.74, 6) is 0.154. The van der Waals surface area contributed by atoms with E-state index in [1.165, 1.54) is 16.1 Å². The van der Waals surface area contributed by atoms with Crippen LogP contribution in [0.25, 0.3) is 10.9 Å². The van der Waals surface area contributed by atoms with E-state index in [1.807, 2.05) is 37.3 Å². The summed E-state index contributed by atoms with van der Waals surface area (Å²) in [6.45, 7) is 3.93. The van der Waals surface area contributed by atoms with E-state index in [0.717, 1.165) is 27.1 Å². The summed E-state index contributed by atoms with van der Waals surface area (Å²) in [4.78, 5) is 17.2. The number of nitrogens with one attached hydrogen (secondary N) is 1. The number of thioether (sulfide) groups is 1. The highest BCUT2D eigenvalue weighted by Crippen LogP contribution is 2.23. The summed E-state index contributed by atoms with van der Waals surface area (Å²) in [7, 11) is -3.51. The van der Waals surface area contributed by atoms with Crippen LogP contribution >= 0.6 is 11.8 Å². The number of nitrogens with zero attached hydrogens (tertiary/aromatic N) is 2. The minimum absolute atomic E-state index is 0.104. The molecule has 4 rings (SSSR count). The molecule has 1 amide bonds. The van der Waals surface area contributed by atoms with Gasteiger partial charge in [0.05, 0.1) is 34.4 Å². The maximum Gasteiger partial charge on any atom is 0.243 e. The van der Waals surface area contributed by atoms with Crippen molar-refractivity contribution < 1.29 is 17.9 Å². The number of carbonyl (C=O) groups is 1. The summed E-state index contributed by atoms with van der Waals surface area (Å²) in [6, 6.07) is 16.6. The van der Waals surface area contributed by atoms with E-state index < -0.39 is 10.0 Å². The molecule has 1 aliphatic rings. The van der Waals surface area contributed by atoms with Crippen molar-refractivity contribution in [1.82, 2.24) is 14.6 Å². The van der Waals surface area contributed by atoms with Crippen LogP contribution in [-0.2, 0) is 26.1 Å². The summed E-state index contributed by atoms with van der Waals surface area (Å²) in [5, 5.41) is 4.80. The maximum absolute atomic E-state index is 12.7. The van der Waals surface area contributed by atoms with Gasteiger partial charge in [-0.05, 0) is 42.3 Å². The fourth-order valence-corrected chi connectivity index (χ4v) is 5.71. The van der Waals surface area contributed by atoms with Gasteiger partial charge in [0.1, 0.15) is 0 Å². The van der Waals surface area contributed by atoms with Crippen LogP contribution in [0.2, 0.25) is 0 Å². The van der Waals surface area contributed by atoms with Gasteiger partial charge in [-0.25, -0.2) is 13.4 Å². The van der Waals surface area contributed by atoms with Gasteiger partial charge in [-0.1, -0.05) is 42.1 Å². The van der Waals surface area contributed by atoms with E-state index in [2.05, 4.69) is 10.3 Å². The van der Waals surface area contributed by atoms with Crippen molar-refractivity contribution >= 4 is 38.6 Å². The molecule has 2 aromatic carbocycles. The third-order valence-electron chi connectivity index (χ3n) is 5.27. The molecule has 0 saturated carbocycles. The number of benzene rings is 2. The van der Waals surface area contributed by atoms with Crippen LogP contribution in [0.4, 0.5) is 0 Å². The normalized spacial score (nSPS) is 15.0. The zero-order valence-electron chi connectivity index (χ0n) is 17.8. The lowest BCUT2D eigenvalue weighted by Crippen LogP contribution is -2.40. The van der Waals surface area contributed by atoms with Crippen molar-refractivity contribution in [2.75, 3.05) is 32.1 Å². The predicted molar refractivity (Wildman–Crippen MR) is 125 cm³/mol. The monoisotopic (exact) mass is 471 g/mol. The number of ether oxygens (including phenoxy) is 1. The average Bonchev–Trinajstić information content (AvgIpc) is 2.82. The van der Waals surface area contributed by atoms with Crippen molar-refractivity contribution in [2.24, 2.45) is 0 Å². The second-order valence-electron chi connectivity index (χ2n) is 7.52. The van der Waals surface area contributed by atoms with E-state index >= 15 is 0 Å². The predicted octanol–water partition coefficient (Wildman–Crippen LogP) is 2.97. The quantitative estimate of drug-likeness (QED) is 0.533.